The van der Waals surface area contributed by atoms with E-state index in [0.717, 1.165) is 6.26 Å². The molecule has 0 aliphatic heterocycles. The molecule has 0 aromatic heterocycles. The first-order valence-corrected chi connectivity index (χ1v) is 7.05. The van der Waals surface area contributed by atoms with Gasteiger partial charge in [0.15, 0.2) is 9.84 Å². The predicted molar refractivity (Wildman–Crippen MR) is 64.4 cm³/mol. The number of likely N-dealkylation sites (N-methyl/N-ethyl adjacent to an activating group) is 1. The van der Waals surface area contributed by atoms with Crippen molar-refractivity contribution in [3.63, 3.8) is 0 Å². The monoisotopic (exact) mass is 259 g/mol. The molecule has 6 heteroatoms. The fraction of sp³-hybridized carbons (Fsp3) is 0.455. The first-order valence-electron chi connectivity index (χ1n) is 5.16. The number of sulfone groups is 1. The van der Waals surface area contributed by atoms with Crippen LogP contribution in [0.25, 0.3) is 0 Å². The molecule has 1 aromatic carbocycles. The van der Waals surface area contributed by atoms with Crippen LogP contribution in [0.3, 0.4) is 0 Å². The highest BCUT2D eigenvalue weighted by molar-refractivity contribution is 7.90. The maximum absolute atomic E-state index is 11.2. The minimum absolute atomic E-state index is 0.203. The summed E-state index contributed by atoms with van der Waals surface area (Å²) in [6.07, 6.45) is 0.251. The van der Waals surface area contributed by atoms with Crippen LogP contribution in [-0.4, -0.2) is 44.6 Å². The number of hydrogen-bond donors (Lipinski definition) is 3. The van der Waals surface area contributed by atoms with Gasteiger partial charge in [-0.3, -0.25) is 0 Å². The molecule has 1 aromatic rings. The lowest BCUT2D eigenvalue weighted by molar-refractivity contribution is 0.0942. The molecule has 0 spiro atoms. The highest BCUT2D eigenvalue weighted by Crippen LogP contribution is 2.19. The molecule has 17 heavy (non-hydrogen) atoms. The third-order valence-electron chi connectivity index (χ3n) is 2.60. The zero-order valence-corrected chi connectivity index (χ0v) is 10.6. The average Bonchev–Trinajstić information content (AvgIpc) is 2.29. The van der Waals surface area contributed by atoms with E-state index in [-0.39, 0.29) is 11.5 Å². The molecule has 0 bridgehead atoms. The molecule has 0 radical (unpaired) electrons. The quantitative estimate of drug-likeness (QED) is 0.676. The molecule has 0 unspecified atom stereocenters. The van der Waals surface area contributed by atoms with Crippen molar-refractivity contribution in [1.82, 2.24) is 5.32 Å². The number of hydrogen-bond acceptors (Lipinski definition) is 5. The van der Waals surface area contributed by atoms with Crippen LogP contribution in [-0.2, 0) is 9.84 Å². The third kappa shape index (κ3) is 3.50. The van der Waals surface area contributed by atoms with Crippen LogP contribution >= 0.6 is 0 Å². The third-order valence-corrected chi connectivity index (χ3v) is 3.73. The van der Waals surface area contributed by atoms with Gasteiger partial charge in [-0.25, -0.2) is 8.42 Å². The molecule has 0 aliphatic carbocycles. The van der Waals surface area contributed by atoms with Crippen molar-refractivity contribution in [1.29, 1.82) is 0 Å². The number of benzene rings is 1. The molecule has 1 rings (SSSR count). The summed E-state index contributed by atoms with van der Waals surface area (Å²) >= 11 is 0. The van der Waals surface area contributed by atoms with E-state index in [1.165, 1.54) is 12.1 Å². The number of rotatable bonds is 5. The minimum atomic E-state index is -3.22. The Morgan fingerprint density at radius 3 is 2.18 bits per heavy atom. The Bertz CT molecular complexity index is 451. The van der Waals surface area contributed by atoms with Crippen molar-refractivity contribution >= 4 is 9.84 Å². The summed E-state index contributed by atoms with van der Waals surface area (Å²) in [5.41, 5.74) is 0.561. The van der Waals surface area contributed by atoms with Gasteiger partial charge in [-0.2, -0.15) is 0 Å². The molecule has 3 N–H and O–H groups in total. The standard InChI is InChI=1S/C11H17NO4S/c1-12-10(7-13)11(14)8-3-5-9(6-4-8)17(2,15)16/h3-6,10-14H,7H2,1-2H3/t10-,11-/m1/s1. The number of nitrogens with one attached hydrogen (secondary N) is 1. The van der Waals surface area contributed by atoms with Crippen LogP contribution in [0.4, 0.5) is 0 Å². The molecule has 0 saturated heterocycles. The fourth-order valence-electron chi connectivity index (χ4n) is 1.49. The molecular formula is C11H17NO4S. The van der Waals surface area contributed by atoms with Gasteiger partial charge in [-0.05, 0) is 24.7 Å². The molecule has 0 heterocycles. The summed E-state index contributed by atoms with van der Waals surface area (Å²) in [5, 5.41) is 21.7. The van der Waals surface area contributed by atoms with E-state index in [9.17, 15) is 13.5 Å². The topological polar surface area (TPSA) is 86.6 Å². The Balaban J connectivity index is 2.95. The summed E-state index contributed by atoms with van der Waals surface area (Å²) in [7, 11) is -1.59. The summed E-state index contributed by atoms with van der Waals surface area (Å²) in [6.45, 7) is -0.203. The molecule has 2 atom stereocenters. The highest BCUT2D eigenvalue weighted by Gasteiger charge is 2.18. The summed E-state index contributed by atoms with van der Waals surface area (Å²) in [4.78, 5) is 0.207. The van der Waals surface area contributed by atoms with Gasteiger partial charge >= 0.3 is 0 Å². The van der Waals surface area contributed by atoms with Gasteiger partial charge in [0.25, 0.3) is 0 Å². The Hall–Kier alpha value is -0.950. The Morgan fingerprint density at radius 2 is 1.82 bits per heavy atom. The first-order chi connectivity index (χ1) is 7.90. The average molecular weight is 259 g/mol. The van der Waals surface area contributed by atoms with Crippen molar-refractivity contribution < 1.29 is 18.6 Å². The summed E-state index contributed by atoms with van der Waals surface area (Å²) < 4.78 is 22.5. The van der Waals surface area contributed by atoms with E-state index >= 15 is 0 Å². The summed E-state index contributed by atoms with van der Waals surface area (Å²) in [6, 6.07) is 5.50. The van der Waals surface area contributed by atoms with Crippen molar-refractivity contribution in [2.75, 3.05) is 19.9 Å². The van der Waals surface area contributed by atoms with Gasteiger partial charge in [0.05, 0.1) is 23.6 Å². The van der Waals surface area contributed by atoms with Crippen molar-refractivity contribution in [3.8, 4) is 0 Å². The lowest BCUT2D eigenvalue weighted by Crippen LogP contribution is -2.35. The van der Waals surface area contributed by atoms with Gasteiger partial charge in [0.2, 0.25) is 0 Å². The Kier molecular flexibility index (Phi) is 4.64. The van der Waals surface area contributed by atoms with E-state index < -0.39 is 22.0 Å². The maximum atomic E-state index is 11.2. The van der Waals surface area contributed by atoms with E-state index in [4.69, 9.17) is 5.11 Å². The van der Waals surface area contributed by atoms with E-state index in [0.29, 0.717) is 5.56 Å². The largest absolute Gasteiger partial charge is 0.395 e. The first kappa shape index (κ1) is 14.1. The second kappa shape index (κ2) is 5.59. The normalized spacial score (nSPS) is 15.5. The second-order valence-electron chi connectivity index (χ2n) is 3.86. The van der Waals surface area contributed by atoms with Crippen molar-refractivity contribution in [2.45, 2.75) is 17.0 Å². The zero-order chi connectivity index (χ0) is 13.1. The van der Waals surface area contributed by atoms with Crippen LogP contribution in [0.1, 0.15) is 11.7 Å². The molecule has 0 aliphatic rings. The van der Waals surface area contributed by atoms with E-state index in [1.807, 2.05) is 0 Å². The molecule has 0 fully saturated rings. The Morgan fingerprint density at radius 1 is 1.29 bits per heavy atom. The van der Waals surface area contributed by atoms with Gasteiger partial charge in [-0.15, -0.1) is 0 Å². The van der Waals surface area contributed by atoms with Gasteiger partial charge in [-0.1, -0.05) is 12.1 Å². The van der Waals surface area contributed by atoms with Crippen LogP contribution in [0.15, 0.2) is 29.2 Å². The Labute approximate surface area is 101 Å². The molecule has 96 valence electrons. The lowest BCUT2D eigenvalue weighted by Gasteiger charge is -2.20. The van der Waals surface area contributed by atoms with E-state index in [2.05, 4.69) is 5.32 Å². The van der Waals surface area contributed by atoms with Crippen LogP contribution < -0.4 is 5.32 Å². The highest BCUT2D eigenvalue weighted by atomic mass is 32.2. The second-order valence-corrected chi connectivity index (χ2v) is 5.88. The number of aliphatic hydroxyl groups is 2. The SMILES string of the molecule is CN[C@H](CO)[C@H](O)c1ccc(S(C)(=O)=O)cc1. The lowest BCUT2D eigenvalue weighted by atomic mass is 10.0. The predicted octanol–water partition coefficient (Wildman–Crippen LogP) is -0.296. The zero-order valence-electron chi connectivity index (χ0n) is 9.79. The van der Waals surface area contributed by atoms with Crippen molar-refractivity contribution in [3.05, 3.63) is 29.8 Å². The van der Waals surface area contributed by atoms with Crippen molar-refractivity contribution in [2.24, 2.45) is 0 Å². The molecular weight excluding hydrogens is 242 g/mol. The van der Waals surface area contributed by atoms with Gasteiger partial charge in [0.1, 0.15) is 0 Å². The van der Waals surface area contributed by atoms with Crippen LogP contribution in [0, 0.1) is 0 Å². The fourth-order valence-corrected chi connectivity index (χ4v) is 2.12. The maximum Gasteiger partial charge on any atom is 0.175 e. The molecule has 0 saturated carbocycles. The van der Waals surface area contributed by atoms with Crippen LogP contribution in [0.5, 0.6) is 0 Å². The van der Waals surface area contributed by atoms with Gasteiger partial charge < -0.3 is 15.5 Å². The number of aliphatic hydroxyl groups excluding tert-OH is 2. The molecule has 0 amide bonds. The van der Waals surface area contributed by atoms with Crippen LogP contribution in [0.2, 0.25) is 0 Å². The smallest absolute Gasteiger partial charge is 0.175 e. The molecule has 5 nitrogen and oxygen atoms in total. The van der Waals surface area contributed by atoms with Gasteiger partial charge in [0, 0.05) is 6.26 Å². The summed E-state index contributed by atoms with van der Waals surface area (Å²) in [5.74, 6) is 0. The minimum Gasteiger partial charge on any atom is -0.395 e. The van der Waals surface area contributed by atoms with E-state index in [1.54, 1.807) is 19.2 Å².